The molecule has 0 fully saturated rings. The van der Waals surface area contributed by atoms with E-state index in [0.717, 1.165) is 0 Å². The summed E-state index contributed by atoms with van der Waals surface area (Å²) in [6, 6.07) is 10.3. The number of benzene rings is 2. The topological polar surface area (TPSA) is 92.5 Å². The van der Waals surface area contributed by atoms with Crippen molar-refractivity contribution in [2.24, 2.45) is 0 Å². The van der Waals surface area contributed by atoms with Gasteiger partial charge in [-0.1, -0.05) is 29.8 Å². The van der Waals surface area contributed by atoms with Crippen LogP contribution in [-0.4, -0.2) is 22.0 Å². The van der Waals surface area contributed by atoms with E-state index in [1.54, 1.807) is 38.1 Å². The molecule has 0 heterocycles. The van der Waals surface area contributed by atoms with Crippen LogP contribution in [0, 0.1) is 17.0 Å². The number of halogens is 1. The Hall–Kier alpha value is -2.44. The Labute approximate surface area is 144 Å². The highest BCUT2D eigenvalue weighted by atomic mass is 35.5. The fourth-order valence-electron chi connectivity index (χ4n) is 2.27. The molecule has 0 radical (unpaired) electrons. The first-order valence-corrected chi connectivity index (χ1v) is 7.67. The molecule has 0 saturated heterocycles. The lowest BCUT2D eigenvalue weighted by Gasteiger charge is -2.20. The molecular formula is C17H17ClN2O4. The zero-order valence-electron chi connectivity index (χ0n) is 13.2. The largest absolute Gasteiger partial charge is 0.386 e. The van der Waals surface area contributed by atoms with E-state index in [4.69, 9.17) is 11.6 Å². The van der Waals surface area contributed by atoms with Crippen molar-refractivity contribution in [3.05, 3.63) is 74.3 Å². The van der Waals surface area contributed by atoms with Crippen molar-refractivity contribution in [2.75, 3.05) is 0 Å². The zero-order chi connectivity index (χ0) is 17.9. The molecule has 2 aromatic rings. The molecule has 2 unspecified atom stereocenters. The summed E-state index contributed by atoms with van der Waals surface area (Å²) in [6.45, 7) is 3.26. The minimum absolute atomic E-state index is 0.117. The van der Waals surface area contributed by atoms with Crippen LogP contribution < -0.4 is 5.32 Å². The highest BCUT2D eigenvalue weighted by Crippen LogP contribution is 2.21. The minimum Gasteiger partial charge on any atom is -0.386 e. The molecule has 0 aliphatic rings. The van der Waals surface area contributed by atoms with Crippen LogP contribution in [0.4, 0.5) is 5.69 Å². The lowest BCUT2D eigenvalue weighted by molar-refractivity contribution is -0.385. The molecule has 6 nitrogen and oxygen atoms in total. The van der Waals surface area contributed by atoms with Gasteiger partial charge in [-0.2, -0.15) is 0 Å². The van der Waals surface area contributed by atoms with Gasteiger partial charge in [-0.15, -0.1) is 0 Å². The number of amides is 1. The standard InChI is InChI=1S/C17H17ClN2O4/c1-10-3-4-13(9-15(10)20(23)24)17(22)19-11(2)16(21)12-5-7-14(18)8-6-12/h3-9,11,16,21H,1-2H3,(H,19,22). The van der Waals surface area contributed by atoms with E-state index in [1.165, 1.54) is 18.2 Å². The second-order valence-corrected chi connectivity index (χ2v) is 5.95. The molecule has 2 rings (SSSR count). The SMILES string of the molecule is Cc1ccc(C(=O)NC(C)C(O)c2ccc(Cl)cc2)cc1[N+](=O)[O-]. The van der Waals surface area contributed by atoms with Crippen LogP contribution in [0.1, 0.15) is 34.5 Å². The number of nitro benzene ring substituents is 1. The predicted octanol–water partition coefficient (Wildman–Crippen LogP) is 3.41. The smallest absolute Gasteiger partial charge is 0.273 e. The molecule has 0 saturated carbocycles. The Morgan fingerprint density at radius 3 is 2.46 bits per heavy atom. The normalized spacial score (nSPS) is 13.2. The lowest BCUT2D eigenvalue weighted by Crippen LogP contribution is -2.37. The number of aryl methyl sites for hydroxylation is 1. The summed E-state index contributed by atoms with van der Waals surface area (Å²) in [6.07, 6.45) is -0.924. The Morgan fingerprint density at radius 1 is 1.25 bits per heavy atom. The molecule has 0 bridgehead atoms. The van der Waals surface area contributed by atoms with Gasteiger partial charge in [0.25, 0.3) is 11.6 Å². The average molecular weight is 349 g/mol. The molecule has 126 valence electrons. The molecule has 0 aliphatic heterocycles. The van der Waals surface area contributed by atoms with Gasteiger partial charge in [-0.3, -0.25) is 14.9 Å². The van der Waals surface area contributed by atoms with Gasteiger partial charge in [-0.25, -0.2) is 0 Å². The molecule has 0 aliphatic carbocycles. The van der Waals surface area contributed by atoms with E-state index in [-0.39, 0.29) is 11.3 Å². The lowest BCUT2D eigenvalue weighted by atomic mass is 10.0. The van der Waals surface area contributed by atoms with Gasteiger partial charge < -0.3 is 10.4 Å². The number of nitro groups is 1. The maximum atomic E-state index is 12.3. The summed E-state index contributed by atoms with van der Waals surface area (Å²) in [4.78, 5) is 22.7. The molecule has 7 heteroatoms. The highest BCUT2D eigenvalue weighted by Gasteiger charge is 2.21. The quantitative estimate of drug-likeness (QED) is 0.639. The number of aliphatic hydroxyl groups excluding tert-OH is 1. The van der Waals surface area contributed by atoms with Gasteiger partial charge in [0.05, 0.1) is 17.1 Å². The van der Waals surface area contributed by atoms with Gasteiger partial charge >= 0.3 is 0 Å². The first kappa shape index (κ1) is 17.9. The molecule has 2 N–H and O–H groups in total. The number of carbonyl (C=O) groups excluding carboxylic acids is 1. The second kappa shape index (κ2) is 7.42. The van der Waals surface area contributed by atoms with Crippen molar-refractivity contribution >= 4 is 23.2 Å². The van der Waals surface area contributed by atoms with E-state index in [9.17, 15) is 20.0 Å². The van der Waals surface area contributed by atoms with Crippen molar-refractivity contribution in [1.82, 2.24) is 5.32 Å². The van der Waals surface area contributed by atoms with Crippen molar-refractivity contribution in [3.8, 4) is 0 Å². The second-order valence-electron chi connectivity index (χ2n) is 5.52. The summed E-state index contributed by atoms with van der Waals surface area (Å²) >= 11 is 5.81. The van der Waals surface area contributed by atoms with Crippen LogP contribution in [0.15, 0.2) is 42.5 Å². The van der Waals surface area contributed by atoms with E-state index < -0.39 is 23.0 Å². The first-order chi connectivity index (χ1) is 11.3. The fraction of sp³-hybridized carbons (Fsp3) is 0.235. The average Bonchev–Trinajstić information content (AvgIpc) is 2.54. The fourth-order valence-corrected chi connectivity index (χ4v) is 2.39. The Kier molecular flexibility index (Phi) is 5.54. The monoisotopic (exact) mass is 348 g/mol. The van der Waals surface area contributed by atoms with Crippen molar-refractivity contribution in [3.63, 3.8) is 0 Å². The van der Waals surface area contributed by atoms with E-state index in [0.29, 0.717) is 16.1 Å². The number of hydrogen-bond donors (Lipinski definition) is 2. The van der Waals surface area contributed by atoms with Crippen LogP contribution in [0.3, 0.4) is 0 Å². The molecule has 1 amide bonds. The van der Waals surface area contributed by atoms with Crippen molar-refractivity contribution in [2.45, 2.75) is 26.0 Å². The summed E-state index contributed by atoms with van der Waals surface area (Å²) < 4.78 is 0. The number of nitrogens with one attached hydrogen (secondary N) is 1. The molecule has 24 heavy (non-hydrogen) atoms. The number of aliphatic hydroxyl groups is 1. The van der Waals surface area contributed by atoms with Gasteiger partial charge in [0, 0.05) is 22.2 Å². The Bertz CT molecular complexity index is 762. The van der Waals surface area contributed by atoms with E-state index in [1.807, 2.05) is 0 Å². The third kappa shape index (κ3) is 4.10. The molecule has 2 atom stereocenters. The van der Waals surface area contributed by atoms with Gasteiger partial charge in [0.2, 0.25) is 0 Å². The summed E-state index contributed by atoms with van der Waals surface area (Å²) in [5.41, 5.74) is 1.14. The Balaban J connectivity index is 2.12. The molecule has 2 aromatic carbocycles. The van der Waals surface area contributed by atoms with Crippen molar-refractivity contribution in [1.29, 1.82) is 0 Å². The van der Waals surface area contributed by atoms with Crippen LogP contribution in [-0.2, 0) is 0 Å². The van der Waals surface area contributed by atoms with Crippen LogP contribution in [0.2, 0.25) is 5.02 Å². The molecule has 0 spiro atoms. The molecule has 0 aromatic heterocycles. The van der Waals surface area contributed by atoms with Gasteiger partial charge in [0.1, 0.15) is 0 Å². The summed E-state index contributed by atoms with van der Waals surface area (Å²) in [5.74, 6) is -0.487. The van der Waals surface area contributed by atoms with E-state index in [2.05, 4.69) is 5.32 Å². The third-order valence-corrected chi connectivity index (χ3v) is 3.96. The predicted molar refractivity (Wildman–Crippen MR) is 91.2 cm³/mol. The summed E-state index contributed by atoms with van der Waals surface area (Å²) in [5, 5.41) is 24.5. The Morgan fingerprint density at radius 2 is 1.88 bits per heavy atom. The number of hydrogen-bond acceptors (Lipinski definition) is 4. The highest BCUT2D eigenvalue weighted by molar-refractivity contribution is 6.30. The number of rotatable bonds is 5. The zero-order valence-corrected chi connectivity index (χ0v) is 13.9. The van der Waals surface area contributed by atoms with Gasteiger partial charge in [0.15, 0.2) is 0 Å². The van der Waals surface area contributed by atoms with Crippen molar-refractivity contribution < 1.29 is 14.8 Å². The van der Waals surface area contributed by atoms with Crippen LogP contribution in [0.5, 0.6) is 0 Å². The number of nitrogens with zero attached hydrogens (tertiary/aromatic N) is 1. The first-order valence-electron chi connectivity index (χ1n) is 7.29. The number of carbonyl (C=O) groups is 1. The molecular weight excluding hydrogens is 332 g/mol. The third-order valence-electron chi connectivity index (χ3n) is 3.71. The van der Waals surface area contributed by atoms with Crippen LogP contribution >= 0.6 is 11.6 Å². The minimum atomic E-state index is -0.924. The maximum Gasteiger partial charge on any atom is 0.273 e. The maximum absolute atomic E-state index is 12.3. The van der Waals surface area contributed by atoms with Crippen LogP contribution in [0.25, 0.3) is 0 Å². The summed E-state index contributed by atoms with van der Waals surface area (Å²) in [7, 11) is 0. The van der Waals surface area contributed by atoms with Gasteiger partial charge in [-0.05, 0) is 37.6 Å². The van der Waals surface area contributed by atoms with E-state index >= 15 is 0 Å².